The van der Waals surface area contributed by atoms with Gasteiger partial charge in [0.1, 0.15) is 5.82 Å². The SMILES string of the molecule is COc1ccc([C@H](C)NC(=O)c2ccc3ncc4c(=O)n(-c5ccc(F)cc5)[nH]c4c3c2)cc1OC. The molecule has 9 heteroatoms. The molecule has 182 valence electrons. The maximum absolute atomic E-state index is 13.3. The first kappa shape index (κ1) is 23.1. The molecule has 8 nitrogen and oxygen atoms in total. The van der Waals surface area contributed by atoms with Gasteiger partial charge in [0.25, 0.3) is 11.5 Å². The third kappa shape index (κ3) is 4.04. The molecule has 0 bridgehead atoms. The smallest absolute Gasteiger partial charge is 0.280 e. The Morgan fingerprint density at radius 1 is 1.00 bits per heavy atom. The Morgan fingerprint density at radius 3 is 2.47 bits per heavy atom. The molecule has 1 atom stereocenters. The second kappa shape index (κ2) is 9.18. The van der Waals surface area contributed by atoms with Crippen LogP contribution in [0.25, 0.3) is 27.5 Å². The molecule has 2 N–H and O–H groups in total. The summed E-state index contributed by atoms with van der Waals surface area (Å²) in [5, 5.41) is 7.06. The molecule has 0 spiro atoms. The van der Waals surface area contributed by atoms with Gasteiger partial charge >= 0.3 is 0 Å². The number of aromatic amines is 1. The van der Waals surface area contributed by atoms with Crippen molar-refractivity contribution in [3.63, 3.8) is 0 Å². The standard InChI is InChI=1S/C27H23FN4O4/c1-15(16-5-11-23(35-2)24(13-16)36-3)30-26(33)17-4-10-22-20(12-17)25-21(14-29-22)27(34)32(31-25)19-8-6-18(28)7-9-19/h4-15,31H,1-3H3,(H,30,33)/t15-/m0/s1. The number of fused-ring (bicyclic) bond motifs is 3. The van der Waals surface area contributed by atoms with Gasteiger partial charge in [-0.25, -0.2) is 9.07 Å². The molecule has 5 rings (SSSR count). The van der Waals surface area contributed by atoms with Gasteiger partial charge in [0, 0.05) is 17.1 Å². The van der Waals surface area contributed by atoms with Crippen LogP contribution in [0.15, 0.2) is 71.7 Å². The van der Waals surface area contributed by atoms with E-state index in [1.54, 1.807) is 38.5 Å². The van der Waals surface area contributed by atoms with Crippen LogP contribution in [0, 0.1) is 5.82 Å². The third-order valence-electron chi connectivity index (χ3n) is 6.13. The van der Waals surface area contributed by atoms with Crippen LogP contribution in [0.3, 0.4) is 0 Å². The number of hydrogen-bond donors (Lipinski definition) is 2. The molecule has 2 aromatic heterocycles. The number of methoxy groups -OCH3 is 2. The largest absolute Gasteiger partial charge is 0.493 e. The lowest BCUT2D eigenvalue weighted by Gasteiger charge is -2.17. The van der Waals surface area contributed by atoms with Crippen molar-refractivity contribution in [1.29, 1.82) is 0 Å². The fraction of sp³-hybridized carbons (Fsp3) is 0.148. The monoisotopic (exact) mass is 486 g/mol. The van der Waals surface area contributed by atoms with Crippen molar-refractivity contribution >= 4 is 27.7 Å². The molecule has 1 amide bonds. The van der Waals surface area contributed by atoms with Crippen molar-refractivity contribution < 1.29 is 18.7 Å². The van der Waals surface area contributed by atoms with Crippen molar-refractivity contribution in [2.24, 2.45) is 0 Å². The molecule has 36 heavy (non-hydrogen) atoms. The number of carbonyl (C=O) groups is 1. The average molecular weight is 487 g/mol. The van der Waals surface area contributed by atoms with Gasteiger partial charge in [-0.15, -0.1) is 0 Å². The molecule has 0 unspecified atom stereocenters. The molecular weight excluding hydrogens is 463 g/mol. The highest BCUT2D eigenvalue weighted by Gasteiger charge is 2.17. The Bertz CT molecular complexity index is 1660. The van der Waals surface area contributed by atoms with E-state index in [4.69, 9.17) is 9.47 Å². The fourth-order valence-corrected chi connectivity index (χ4v) is 4.16. The second-order valence-electron chi connectivity index (χ2n) is 8.32. The summed E-state index contributed by atoms with van der Waals surface area (Å²) >= 11 is 0. The van der Waals surface area contributed by atoms with Gasteiger partial charge in [0.2, 0.25) is 0 Å². The van der Waals surface area contributed by atoms with Crippen molar-refractivity contribution in [2.45, 2.75) is 13.0 Å². The van der Waals surface area contributed by atoms with Crippen LogP contribution in [0.1, 0.15) is 28.9 Å². The molecular formula is C27H23FN4O4. The normalized spacial score (nSPS) is 12.0. The summed E-state index contributed by atoms with van der Waals surface area (Å²) < 4.78 is 25.3. The minimum Gasteiger partial charge on any atom is -0.493 e. The van der Waals surface area contributed by atoms with E-state index in [2.05, 4.69) is 15.4 Å². The van der Waals surface area contributed by atoms with E-state index in [-0.39, 0.29) is 17.5 Å². The number of nitrogens with zero attached hydrogens (tertiary/aromatic N) is 2. The zero-order chi connectivity index (χ0) is 25.4. The average Bonchev–Trinajstić information content (AvgIpc) is 3.24. The zero-order valence-corrected chi connectivity index (χ0v) is 19.8. The van der Waals surface area contributed by atoms with Crippen LogP contribution < -0.4 is 20.3 Å². The topological polar surface area (TPSA) is 98.2 Å². The predicted molar refractivity (Wildman–Crippen MR) is 135 cm³/mol. The van der Waals surface area contributed by atoms with Gasteiger partial charge in [-0.1, -0.05) is 6.07 Å². The Morgan fingerprint density at radius 2 is 1.75 bits per heavy atom. The first-order valence-electron chi connectivity index (χ1n) is 11.2. The molecule has 0 saturated heterocycles. The number of carbonyl (C=O) groups excluding carboxylic acids is 1. The minimum atomic E-state index is -0.395. The lowest BCUT2D eigenvalue weighted by Crippen LogP contribution is -2.26. The second-order valence-corrected chi connectivity index (χ2v) is 8.32. The highest BCUT2D eigenvalue weighted by atomic mass is 19.1. The Balaban J connectivity index is 1.49. The molecule has 0 aliphatic heterocycles. The number of rotatable bonds is 6. The molecule has 0 saturated carbocycles. The number of amides is 1. The molecule has 2 heterocycles. The van der Waals surface area contributed by atoms with E-state index in [1.807, 2.05) is 19.1 Å². The predicted octanol–water partition coefficient (Wildman–Crippen LogP) is 4.51. The molecule has 0 radical (unpaired) electrons. The molecule has 0 aliphatic rings. The van der Waals surface area contributed by atoms with Gasteiger partial charge in [-0.2, -0.15) is 0 Å². The van der Waals surface area contributed by atoms with E-state index in [1.165, 1.54) is 35.1 Å². The van der Waals surface area contributed by atoms with Gasteiger partial charge in [-0.3, -0.25) is 19.7 Å². The van der Waals surface area contributed by atoms with Crippen molar-refractivity contribution in [3.05, 3.63) is 94.2 Å². The highest BCUT2D eigenvalue weighted by molar-refractivity contribution is 6.06. The number of H-pyrrole nitrogens is 1. The van der Waals surface area contributed by atoms with Crippen LogP contribution in [0.4, 0.5) is 4.39 Å². The van der Waals surface area contributed by atoms with Crippen LogP contribution in [0.5, 0.6) is 11.5 Å². The van der Waals surface area contributed by atoms with Crippen molar-refractivity contribution in [3.8, 4) is 17.2 Å². The Hall–Kier alpha value is -4.66. The number of ether oxygens (including phenoxy) is 2. The first-order chi connectivity index (χ1) is 17.4. The number of nitrogens with one attached hydrogen (secondary N) is 2. The fourth-order valence-electron chi connectivity index (χ4n) is 4.16. The summed E-state index contributed by atoms with van der Waals surface area (Å²) in [6.45, 7) is 1.88. The van der Waals surface area contributed by atoms with E-state index in [0.29, 0.717) is 44.6 Å². The van der Waals surface area contributed by atoms with Crippen molar-refractivity contribution in [1.82, 2.24) is 20.1 Å². The zero-order valence-electron chi connectivity index (χ0n) is 19.8. The number of aromatic nitrogens is 3. The van der Waals surface area contributed by atoms with E-state index >= 15 is 0 Å². The van der Waals surface area contributed by atoms with Gasteiger partial charge in [0.05, 0.1) is 42.4 Å². The van der Waals surface area contributed by atoms with Crippen LogP contribution in [0.2, 0.25) is 0 Å². The maximum atomic E-state index is 13.3. The maximum Gasteiger partial charge on any atom is 0.280 e. The summed E-state index contributed by atoms with van der Waals surface area (Å²) in [5.41, 5.74) is 2.61. The molecule has 0 aliphatic carbocycles. The van der Waals surface area contributed by atoms with Crippen LogP contribution in [-0.4, -0.2) is 34.9 Å². The Labute approximate surface area is 205 Å². The molecule has 5 aromatic rings. The summed E-state index contributed by atoms with van der Waals surface area (Å²) in [7, 11) is 3.12. The number of benzene rings is 3. The Kier molecular flexibility index (Phi) is 5.89. The van der Waals surface area contributed by atoms with E-state index in [9.17, 15) is 14.0 Å². The number of halogens is 1. The summed E-state index contributed by atoms with van der Waals surface area (Å²) in [6.07, 6.45) is 1.50. The lowest BCUT2D eigenvalue weighted by atomic mass is 10.1. The van der Waals surface area contributed by atoms with Crippen LogP contribution in [-0.2, 0) is 0 Å². The minimum absolute atomic E-state index is 0.281. The summed E-state index contributed by atoms with van der Waals surface area (Å²) in [5.74, 6) is 0.502. The quantitative estimate of drug-likeness (QED) is 0.368. The summed E-state index contributed by atoms with van der Waals surface area (Å²) in [6, 6.07) is 15.9. The summed E-state index contributed by atoms with van der Waals surface area (Å²) in [4.78, 5) is 30.5. The van der Waals surface area contributed by atoms with Gasteiger partial charge in [0.15, 0.2) is 11.5 Å². The van der Waals surface area contributed by atoms with Crippen molar-refractivity contribution in [2.75, 3.05) is 14.2 Å². The van der Waals surface area contributed by atoms with Gasteiger partial charge in [-0.05, 0) is 67.1 Å². The molecule has 3 aromatic carbocycles. The van der Waals surface area contributed by atoms with Crippen LogP contribution >= 0.6 is 0 Å². The van der Waals surface area contributed by atoms with E-state index in [0.717, 1.165) is 5.56 Å². The highest BCUT2D eigenvalue weighted by Crippen LogP contribution is 2.30. The molecule has 0 fully saturated rings. The third-order valence-corrected chi connectivity index (χ3v) is 6.13. The lowest BCUT2D eigenvalue weighted by molar-refractivity contribution is 0.0940. The number of pyridine rings is 1. The first-order valence-corrected chi connectivity index (χ1v) is 11.2. The van der Waals surface area contributed by atoms with Gasteiger partial charge < -0.3 is 14.8 Å². The van der Waals surface area contributed by atoms with E-state index < -0.39 is 5.82 Å². The number of hydrogen-bond acceptors (Lipinski definition) is 5.